The highest BCUT2D eigenvalue weighted by Crippen LogP contribution is 2.17. The molecule has 0 radical (unpaired) electrons. The molecule has 0 amide bonds. The minimum absolute atomic E-state index is 0.0374. The third-order valence-electron chi connectivity index (χ3n) is 1.69. The third kappa shape index (κ3) is 3.19. The van der Waals surface area contributed by atoms with Crippen molar-refractivity contribution in [3.05, 3.63) is 29.3 Å². The van der Waals surface area contributed by atoms with E-state index in [4.69, 9.17) is 16.7 Å². The zero-order chi connectivity index (χ0) is 11.3. The van der Waals surface area contributed by atoms with Gasteiger partial charge in [0.05, 0.1) is 11.1 Å². The van der Waals surface area contributed by atoms with E-state index >= 15 is 0 Å². The third-order valence-corrected chi connectivity index (χ3v) is 1.88. The van der Waals surface area contributed by atoms with Crippen LogP contribution >= 0.6 is 11.6 Å². The van der Waals surface area contributed by atoms with Crippen molar-refractivity contribution in [2.45, 2.75) is 6.42 Å². The Hall–Kier alpha value is -1.66. The fraction of sp³-hybridized carbons (Fsp3) is 0.182. The highest BCUT2D eigenvalue weighted by molar-refractivity contribution is 6.18. The summed E-state index contributed by atoms with van der Waals surface area (Å²) in [5.74, 6) is 4.68. The summed E-state index contributed by atoms with van der Waals surface area (Å²) in [5.41, 5.74) is 0.445. The zero-order valence-electron chi connectivity index (χ0n) is 7.83. The van der Waals surface area contributed by atoms with Gasteiger partial charge in [-0.2, -0.15) is 0 Å². The number of hydrogen-bond donors (Lipinski definition) is 2. The second-order valence-electron chi connectivity index (χ2n) is 2.78. The van der Waals surface area contributed by atoms with Crippen LogP contribution in [0.3, 0.4) is 0 Å². The van der Waals surface area contributed by atoms with Crippen LogP contribution in [0.5, 0.6) is 5.75 Å². The van der Waals surface area contributed by atoms with Crippen molar-refractivity contribution in [3.63, 3.8) is 0 Å². The quantitative estimate of drug-likeness (QED) is 0.597. The summed E-state index contributed by atoms with van der Waals surface area (Å²) in [6.45, 7) is 0. The average molecular weight is 225 g/mol. The predicted octanol–water partition coefficient (Wildman–Crippen LogP) is 2.07. The molecule has 0 aliphatic rings. The van der Waals surface area contributed by atoms with E-state index in [0.717, 1.165) is 0 Å². The van der Waals surface area contributed by atoms with E-state index in [1.54, 1.807) is 0 Å². The first-order valence-electron chi connectivity index (χ1n) is 4.26. The van der Waals surface area contributed by atoms with Gasteiger partial charge in [0, 0.05) is 12.3 Å². The van der Waals surface area contributed by atoms with Gasteiger partial charge in [-0.25, -0.2) is 4.79 Å². The van der Waals surface area contributed by atoms with Crippen molar-refractivity contribution >= 4 is 17.6 Å². The van der Waals surface area contributed by atoms with Crippen molar-refractivity contribution in [2.75, 3.05) is 5.88 Å². The number of carboxylic acid groups (broad SMARTS) is 1. The normalized spacial score (nSPS) is 9.13. The van der Waals surface area contributed by atoms with Gasteiger partial charge in [-0.3, -0.25) is 0 Å². The Morgan fingerprint density at radius 1 is 1.47 bits per heavy atom. The van der Waals surface area contributed by atoms with Crippen LogP contribution in [0.4, 0.5) is 0 Å². The number of benzene rings is 1. The molecule has 1 rings (SSSR count). The molecule has 4 heteroatoms. The van der Waals surface area contributed by atoms with Gasteiger partial charge in [-0.15, -0.1) is 11.6 Å². The molecule has 0 atom stereocenters. The molecule has 1 aromatic carbocycles. The maximum absolute atomic E-state index is 10.6. The number of hydrogen-bond acceptors (Lipinski definition) is 2. The number of alkyl halides is 1. The zero-order valence-corrected chi connectivity index (χ0v) is 8.58. The monoisotopic (exact) mass is 224 g/mol. The van der Waals surface area contributed by atoms with Crippen LogP contribution < -0.4 is 0 Å². The minimum atomic E-state index is -1.08. The molecule has 78 valence electrons. The summed E-state index contributed by atoms with van der Waals surface area (Å²) >= 11 is 5.43. The molecule has 0 unspecified atom stereocenters. The van der Waals surface area contributed by atoms with Gasteiger partial charge in [0.2, 0.25) is 0 Å². The number of carbonyl (C=O) groups is 1. The largest absolute Gasteiger partial charge is 0.507 e. The molecule has 0 aliphatic heterocycles. The number of aromatic carboxylic acids is 1. The number of carboxylic acids is 1. The van der Waals surface area contributed by atoms with Crippen molar-refractivity contribution in [1.82, 2.24) is 0 Å². The molecule has 0 bridgehead atoms. The van der Waals surface area contributed by atoms with Gasteiger partial charge in [-0.1, -0.05) is 11.8 Å². The summed E-state index contributed by atoms with van der Waals surface area (Å²) in [6, 6.07) is 4.04. The molecular formula is C11H9ClO3. The topological polar surface area (TPSA) is 57.5 Å². The van der Waals surface area contributed by atoms with Crippen LogP contribution in [0, 0.1) is 11.8 Å². The molecule has 2 N–H and O–H groups in total. The molecule has 1 aromatic rings. The van der Waals surface area contributed by atoms with E-state index in [2.05, 4.69) is 11.8 Å². The SMILES string of the molecule is O=C(O)c1ccc(C#CCCCl)c(O)c1. The second kappa shape index (κ2) is 5.28. The Morgan fingerprint density at radius 3 is 2.73 bits per heavy atom. The summed E-state index contributed by atoms with van der Waals surface area (Å²) in [4.78, 5) is 10.6. The molecule has 0 spiro atoms. The smallest absolute Gasteiger partial charge is 0.335 e. The van der Waals surface area contributed by atoms with Crippen molar-refractivity contribution in [3.8, 4) is 17.6 Å². The fourth-order valence-corrected chi connectivity index (χ4v) is 1.07. The first-order valence-corrected chi connectivity index (χ1v) is 4.79. The van der Waals surface area contributed by atoms with Crippen LogP contribution in [0.25, 0.3) is 0 Å². The van der Waals surface area contributed by atoms with Gasteiger partial charge >= 0.3 is 5.97 Å². The van der Waals surface area contributed by atoms with Crippen LogP contribution in [0.2, 0.25) is 0 Å². The molecule has 0 aliphatic carbocycles. The average Bonchev–Trinajstić information content (AvgIpc) is 2.20. The number of phenolic OH excluding ortho intramolecular Hbond substituents is 1. The Labute approximate surface area is 92.3 Å². The summed E-state index contributed by atoms with van der Waals surface area (Å²) < 4.78 is 0. The van der Waals surface area contributed by atoms with Crippen LogP contribution in [0.15, 0.2) is 18.2 Å². The van der Waals surface area contributed by atoms with Gasteiger partial charge in [0.15, 0.2) is 0 Å². The maximum atomic E-state index is 10.6. The van der Waals surface area contributed by atoms with Gasteiger partial charge in [-0.05, 0) is 18.2 Å². The highest BCUT2D eigenvalue weighted by Gasteiger charge is 2.05. The summed E-state index contributed by atoms with van der Waals surface area (Å²) in [5, 5.41) is 18.1. The number of phenols is 1. The lowest BCUT2D eigenvalue weighted by Gasteiger charge is -1.98. The van der Waals surface area contributed by atoms with Crippen LogP contribution in [-0.4, -0.2) is 22.1 Å². The Balaban J connectivity index is 2.95. The Bertz CT molecular complexity index is 429. The maximum Gasteiger partial charge on any atom is 0.335 e. The van der Waals surface area contributed by atoms with Crippen molar-refractivity contribution in [1.29, 1.82) is 0 Å². The Kier molecular flexibility index (Phi) is 4.02. The lowest BCUT2D eigenvalue weighted by molar-refractivity contribution is 0.0696. The van der Waals surface area contributed by atoms with Gasteiger partial charge in [0.1, 0.15) is 5.75 Å². The molecule has 15 heavy (non-hydrogen) atoms. The molecule has 3 nitrogen and oxygen atoms in total. The lowest BCUT2D eigenvalue weighted by Crippen LogP contribution is -1.95. The van der Waals surface area contributed by atoms with Gasteiger partial charge < -0.3 is 10.2 Å². The lowest BCUT2D eigenvalue weighted by atomic mass is 10.1. The first kappa shape index (κ1) is 11.4. The minimum Gasteiger partial charge on any atom is -0.507 e. The standard InChI is InChI=1S/C11H9ClO3/c12-6-2-1-3-8-4-5-9(11(14)15)7-10(8)13/h4-5,7,13H,2,6H2,(H,14,15). The summed E-state index contributed by atoms with van der Waals surface area (Å²) in [6.07, 6.45) is 0.529. The molecule has 0 heterocycles. The molecule has 0 saturated heterocycles. The molecule has 0 saturated carbocycles. The molecular weight excluding hydrogens is 216 g/mol. The number of halogens is 1. The fourth-order valence-electron chi connectivity index (χ4n) is 0.975. The molecule has 0 fully saturated rings. The van der Waals surface area contributed by atoms with E-state index in [9.17, 15) is 9.90 Å². The van der Waals surface area contributed by atoms with Crippen LogP contribution in [0.1, 0.15) is 22.3 Å². The summed E-state index contributed by atoms with van der Waals surface area (Å²) in [7, 11) is 0. The number of aromatic hydroxyl groups is 1. The predicted molar refractivity (Wildman–Crippen MR) is 57.3 cm³/mol. The highest BCUT2D eigenvalue weighted by atomic mass is 35.5. The van der Waals surface area contributed by atoms with E-state index in [0.29, 0.717) is 17.9 Å². The van der Waals surface area contributed by atoms with Crippen molar-refractivity contribution in [2.24, 2.45) is 0 Å². The van der Waals surface area contributed by atoms with E-state index in [-0.39, 0.29) is 11.3 Å². The first-order chi connectivity index (χ1) is 7.15. The number of rotatable bonds is 2. The molecule has 0 aromatic heterocycles. The van der Waals surface area contributed by atoms with E-state index in [1.165, 1.54) is 18.2 Å². The Morgan fingerprint density at radius 2 is 2.20 bits per heavy atom. The van der Waals surface area contributed by atoms with E-state index < -0.39 is 5.97 Å². The second-order valence-corrected chi connectivity index (χ2v) is 3.16. The van der Waals surface area contributed by atoms with Crippen molar-refractivity contribution < 1.29 is 15.0 Å². The van der Waals surface area contributed by atoms with E-state index in [1.807, 2.05) is 0 Å². The van der Waals surface area contributed by atoms with Gasteiger partial charge in [0.25, 0.3) is 0 Å². The van der Waals surface area contributed by atoms with Crippen LogP contribution in [-0.2, 0) is 0 Å².